The summed E-state index contributed by atoms with van der Waals surface area (Å²) in [6.45, 7) is 3.10. The predicted octanol–water partition coefficient (Wildman–Crippen LogP) is 3.38. The zero-order valence-corrected chi connectivity index (χ0v) is 10.9. The van der Waals surface area contributed by atoms with Gasteiger partial charge in [-0.15, -0.1) is 0 Å². The summed E-state index contributed by atoms with van der Waals surface area (Å²) in [5, 5.41) is 0. The molecule has 1 aromatic carbocycles. The Morgan fingerprint density at radius 2 is 2.29 bits per heavy atom. The predicted molar refractivity (Wildman–Crippen MR) is 66.3 cm³/mol. The second-order valence-corrected chi connectivity index (χ2v) is 4.41. The summed E-state index contributed by atoms with van der Waals surface area (Å²) < 4.78 is 21.6. The maximum atomic E-state index is 13.4. The van der Waals surface area contributed by atoms with E-state index >= 15 is 0 Å². The molecule has 5 heteroatoms. The number of aryl methyl sites for hydroxylation is 1. The van der Waals surface area contributed by atoms with Crippen LogP contribution in [-0.4, -0.2) is 9.55 Å². The first-order chi connectivity index (χ1) is 8.20. The third kappa shape index (κ3) is 2.85. The number of nitrogens with zero attached hydrogens (tertiary/aromatic N) is 2. The average Bonchev–Trinajstić information content (AvgIpc) is 2.77. The van der Waals surface area contributed by atoms with E-state index in [1.807, 2.05) is 17.7 Å². The van der Waals surface area contributed by atoms with Crippen molar-refractivity contribution in [1.29, 1.82) is 0 Å². The van der Waals surface area contributed by atoms with Gasteiger partial charge in [0.15, 0.2) is 11.6 Å². The fourth-order valence-corrected chi connectivity index (χ4v) is 1.84. The Hall–Kier alpha value is -1.36. The van der Waals surface area contributed by atoms with Gasteiger partial charge in [0.05, 0.1) is 0 Å². The molecule has 0 fully saturated rings. The highest BCUT2D eigenvalue weighted by molar-refractivity contribution is 9.10. The van der Waals surface area contributed by atoms with Crippen LogP contribution in [0.15, 0.2) is 35.1 Å². The molecular formula is C12H12BrFN2O. The number of hydrogen-bond acceptors (Lipinski definition) is 2. The zero-order valence-electron chi connectivity index (χ0n) is 9.36. The summed E-state index contributed by atoms with van der Waals surface area (Å²) >= 11 is 3.28. The summed E-state index contributed by atoms with van der Waals surface area (Å²) in [6.07, 6.45) is 3.58. The van der Waals surface area contributed by atoms with E-state index in [9.17, 15) is 4.39 Å². The molecule has 0 saturated carbocycles. The molecule has 0 saturated heterocycles. The summed E-state index contributed by atoms with van der Waals surface area (Å²) in [6, 6.07) is 4.61. The minimum Gasteiger partial charge on any atom is -0.483 e. The first kappa shape index (κ1) is 12.1. The molecule has 0 N–H and O–H groups in total. The maximum absolute atomic E-state index is 13.4. The van der Waals surface area contributed by atoms with Gasteiger partial charge >= 0.3 is 0 Å². The van der Waals surface area contributed by atoms with E-state index in [4.69, 9.17) is 4.74 Å². The van der Waals surface area contributed by atoms with Crippen molar-refractivity contribution in [2.45, 2.75) is 20.1 Å². The van der Waals surface area contributed by atoms with E-state index in [2.05, 4.69) is 20.9 Å². The van der Waals surface area contributed by atoms with Crippen LogP contribution in [0, 0.1) is 5.82 Å². The molecule has 2 rings (SSSR count). The lowest BCUT2D eigenvalue weighted by atomic mass is 10.3. The van der Waals surface area contributed by atoms with Crippen LogP contribution in [-0.2, 0) is 13.2 Å². The van der Waals surface area contributed by atoms with Crippen LogP contribution in [0.5, 0.6) is 5.75 Å². The van der Waals surface area contributed by atoms with Crippen molar-refractivity contribution < 1.29 is 9.13 Å². The smallest absolute Gasteiger partial charge is 0.165 e. The van der Waals surface area contributed by atoms with E-state index in [0.29, 0.717) is 0 Å². The highest BCUT2D eigenvalue weighted by atomic mass is 79.9. The Balaban J connectivity index is 2.09. The topological polar surface area (TPSA) is 27.1 Å². The van der Waals surface area contributed by atoms with Gasteiger partial charge in [0, 0.05) is 23.4 Å². The molecule has 0 bridgehead atoms. The maximum Gasteiger partial charge on any atom is 0.165 e. The van der Waals surface area contributed by atoms with Gasteiger partial charge in [0.2, 0.25) is 0 Å². The lowest BCUT2D eigenvalue weighted by molar-refractivity contribution is 0.275. The third-order valence-electron chi connectivity index (χ3n) is 2.39. The molecule has 0 aliphatic heterocycles. The summed E-state index contributed by atoms with van der Waals surface area (Å²) in [5.74, 6) is 0.639. The summed E-state index contributed by atoms with van der Waals surface area (Å²) in [5.41, 5.74) is 0. The van der Waals surface area contributed by atoms with Crippen molar-refractivity contribution in [1.82, 2.24) is 9.55 Å². The van der Waals surface area contributed by atoms with Gasteiger partial charge in [-0.25, -0.2) is 9.37 Å². The van der Waals surface area contributed by atoms with Crippen molar-refractivity contribution in [2.24, 2.45) is 0 Å². The lowest BCUT2D eigenvalue weighted by Crippen LogP contribution is -2.06. The first-order valence-electron chi connectivity index (χ1n) is 5.28. The minimum absolute atomic E-state index is 0.227. The van der Waals surface area contributed by atoms with E-state index in [0.717, 1.165) is 16.8 Å². The van der Waals surface area contributed by atoms with Gasteiger partial charge in [-0.05, 0) is 25.1 Å². The lowest BCUT2D eigenvalue weighted by Gasteiger charge is -2.08. The third-order valence-corrected chi connectivity index (χ3v) is 2.89. The second kappa shape index (κ2) is 5.31. The quantitative estimate of drug-likeness (QED) is 0.865. The second-order valence-electron chi connectivity index (χ2n) is 3.49. The summed E-state index contributed by atoms with van der Waals surface area (Å²) in [4.78, 5) is 4.16. The fourth-order valence-electron chi connectivity index (χ4n) is 1.50. The van der Waals surface area contributed by atoms with Gasteiger partial charge in [-0.1, -0.05) is 15.9 Å². The molecule has 0 amide bonds. The molecule has 1 heterocycles. The van der Waals surface area contributed by atoms with Crippen LogP contribution in [0.3, 0.4) is 0 Å². The van der Waals surface area contributed by atoms with Crippen molar-refractivity contribution in [2.75, 3.05) is 0 Å². The van der Waals surface area contributed by atoms with Crippen LogP contribution in [0.4, 0.5) is 4.39 Å². The number of ether oxygens (including phenoxy) is 1. The minimum atomic E-state index is -0.372. The molecule has 0 aliphatic carbocycles. The normalized spacial score (nSPS) is 10.5. The molecule has 3 nitrogen and oxygen atoms in total. The summed E-state index contributed by atoms with van der Waals surface area (Å²) in [7, 11) is 0. The van der Waals surface area contributed by atoms with Crippen LogP contribution in [0.25, 0.3) is 0 Å². The van der Waals surface area contributed by atoms with Crippen LogP contribution in [0.1, 0.15) is 12.7 Å². The molecule has 90 valence electrons. The SMILES string of the molecule is CCn1ccnc1COc1cc(Br)ccc1F. The molecule has 0 atom stereocenters. The van der Waals surface area contributed by atoms with Crippen LogP contribution in [0.2, 0.25) is 0 Å². The van der Waals surface area contributed by atoms with E-state index < -0.39 is 0 Å². The molecule has 0 spiro atoms. The van der Waals surface area contributed by atoms with Crippen molar-refractivity contribution in [3.05, 3.63) is 46.7 Å². The first-order valence-corrected chi connectivity index (χ1v) is 6.08. The van der Waals surface area contributed by atoms with Gasteiger partial charge in [0.1, 0.15) is 12.4 Å². The van der Waals surface area contributed by atoms with Crippen molar-refractivity contribution in [3.63, 3.8) is 0 Å². The van der Waals surface area contributed by atoms with E-state index in [-0.39, 0.29) is 18.2 Å². The molecular weight excluding hydrogens is 287 g/mol. The fraction of sp³-hybridized carbons (Fsp3) is 0.250. The number of rotatable bonds is 4. The Kier molecular flexibility index (Phi) is 3.78. The van der Waals surface area contributed by atoms with Crippen LogP contribution >= 0.6 is 15.9 Å². The molecule has 0 aliphatic rings. The number of benzene rings is 1. The van der Waals surface area contributed by atoms with E-state index in [1.165, 1.54) is 6.07 Å². The molecule has 0 unspecified atom stereocenters. The molecule has 2 aromatic rings. The molecule has 17 heavy (non-hydrogen) atoms. The number of imidazole rings is 1. The Morgan fingerprint density at radius 1 is 1.47 bits per heavy atom. The van der Waals surface area contributed by atoms with Gasteiger partial charge in [-0.2, -0.15) is 0 Å². The van der Waals surface area contributed by atoms with Gasteiger partial charge < -0.3 is 9.30 Å². The Morgan fingerprint density at radius 3 is 3.06 bits per heavy atom. The van der Waals surface area contributed by atoms with Crippen molar-refractivity contribution >= 4 is 15.9 Å². The highest BCUT2D eigenvalue weighted by Gasteiger charge is 2.06. The standard InChI is InChI=1S/C12H12BrFN2O/c1-2-16-6-5-15-12(16)8-17-11-7-9(13)3-4-10(11)14/h3-7H,2,8H2,1H3. The molecule has 1 aromatic heterocycles. The Bertz CT molecular complexity index is 513. The monoisotopic (exact) mass is 298 g/mol. The van der Waals surface area contributed by atoms with Gasteiger partial charge in [-0.3, -0.25) is 0 Å². The number of halogens is 2. The van der Waals surface area contributed by atoms with Gasteiger partial charge in [0.25, 0.3) is 0 Å². The Labute approximate surface area is 107 Å². The zero-order chi connectivity index (χ0) is 12.3. The number of aromatic nitrogens is 2. The highest BCUT2D eigenvalue weighted by Crippen LogP contribution is 2.22. The largest absolute Gasteiger partial charge is 0.483 e. The number of hydrogen-bond donors (Lipinski definition) is 0. The molecule has 0 radical (unpaired) electrons. The van der Waals surface area contributed by atoms with E-state index in [1.54, 1.807) is 18.3 Å². The van der Waals surface area contributed by atoms with Crippen LogP contribution < -0.4 is 4.74 Å². The van der Waals surface area contributed by atoms with Crippen molar-refractivity contribution in [3.8, 4) is 5.75 Å². The average molecular weight is 299 g/mol.